The highest BCUT2D eigenvalue weighted by Crippen LogP contribution is 2.17. The second kappa shape index (κ2) is 7.51. The molecule has 0 spiro atoms. The summed E-state index contributed by atoms with van der Waals surface area (Å²) in [6.45, 7) is 5.63. The molecule has 1 heterocycles. The molecule has 0 aliphatic carbocycles. The highest BCUT2D eigenvalue weighted by atomic mass is 32.2. The van der Waals surface area contributed by atoms with Gasteiger partial charge >= 0.3 is 12.0 Å². The van der Waals surface area contributed by atoms with Crippen molar-refractivity contribution in [2.24, 2.45) is 0 Å². The second-order valence-electron chi connectivity index (χ2n) is 4.76. The fraction of sp³-hybridized carbons (Fsp3) is 0.833. The Morgan fingerprint density at radius 2 is 2.28 bits per heavy atom. The van der Waals surface area contributed by atoms with Crippen LogP contribution < -0.4 is 5.32 Å². The van der Waals surface area contributed by atoms with Crippen LogP contribution in [0.4, 0.5) is 4.79 Å². The molecule has 2 amide bonds. The first kappa shape index (κ1) is 15.1. The van der Waals surface area contributed by atoms with E-state index in [4.69, 9.17) is 5.11 Å². The van der Waals surface area contributed by atoms with E-state index < -0.39 is 5.97 Å². The second-order valence-corrected chi connectivity index (χ2v) is 6.31. The van der Waals surface area contributed by atoms with Crippen LogP contribution in [0.5, 0.6) is 0 Å². The lowest BCUT2D eigenvalue weighted by Crippen LogP contribution is -2.48. The van der Waals surface area contributed by atoms with Crippen molar-refractivity contribution in [2.45, 2.75) is 44.4 Å². The van der Waals surface area contributed by atoms with Crippen LogP contribution in [0, 0.1) is 0 Å². The van der Waals surface area contributed by atoms with Crippen molar-refractivity contribution in [2.75, 3.05) is 18.8 Å². The standard InChI is InChI=1S/C12H22N2O3S/c1-9(4-3-5-11(15)16)13-12(17)14-6-7-18-10(2)8-14/h9-10H,3-8H2,1-2H3,(H,13,17)(H,15,16). The lowest BCUT2D eigenvalue weighted by atomic mass is 10.1. The maximum atomic E-state index is 11.9. The number of carboxylic acid groups (broad SMARTS) is 1. The lowest BCUT2D eigenvalue weighted by Gasteiger charge is -2.31. The van der Waals surface area contributed by atoms with Crippen LogP contribution >= 0.6 is 11.8 Å². The fourth-order valence-corrected chi connectivity index (χ4v) is 2.95. The van der Waals surface area contributed by atoms with Gasteiger partial charge in [0.15, 0.2) is 0 Å². The molecule has 0 aromatic rings. The van der Waals surface area contributed by atoms with Gasteiger partial charge in [0.1, 0.15) is 0 Å². The largest absolute Gasteiger partial charge is 0.481 e. The monoisotopic (exact) mass is 274 g/mol. The van der Waals surface area contributed by atoms with E-state index in [0.717, 1.165) is 18.8 Å². The van der Waals surface area contributed by atoms with E-state index in [2.05, 4.69) is 12.2 Å². The molecule has 0 bridgehead atoms. The van der Waals surface area contributed by atoms with Crippen LogP contribution in [-0.4, -0.2) is 52.1 Å². The molecule has 0 aromatic heterocycles. The van der Waals surface area contributed by atoms with Gasteiger partial charge in [0.05, 0.1) is 0 Å². The first-order valence-corrected chi connectivity index (χ1v) is 7.42. The summed E-state index contributed by atoms with van der Waals surface area (Å²) in [5.74, 6) is 0.206. The van der Waals surface area contributed by atoms with Gasteiger partial charge in [0.25, 0.3) is 0 Å². The first-order chi connectivity index (χ1) is 8.49. The van der Waals surface area contributed by atoms with Crippen molar-refractivity contribution in [3.05, 3.63) is 0 Å². The molecular weight excluding hydrogens is 252 g/mol. The van der Waals surface area contributed by atoms with Crippen LogP contribution in [0.2, 0.25) is 0 Å². The number of urea groups is 1. The van der Waals surface area contributed by atoms with Crippen LogP contribution in [0.25, 0.3) is 0 Å². The summed E-state index contributed by atoms with van der Waals surface area (Å²) in [5, 5.41) is 12.0. The van der Waals surface area contributed by atoms with Crippen molar-refractivity contribution >= 4 is 23.8 Å². The average Bonchev–Trinajstić information content (AvgIpc) is 2.28. The normalized spacial score (nSPS) is 21.4. The van der Waals surface area contributed by atoms with Gasteiger partial charge in [-0.1, -0.05) is 6.92 Å². The SMILES string of the molecule is CC(CCCC(=O)O)NC(=O)N1CCSC(C)C1. The smallest absolute Gasteiger partial charge is 0.317 e. The summed E-state index contributed by atoms with van der Waals surface area (Å²) < 4.78 is 0. The van der Waals surface area contributed by atoms with Gasteiger partial charge in [-0.15, -0.1) is 0 Å². The number of nitrogens with zero attached hydrogens (tertiary/aromatic N) is 1. The molecular formula is C12H22N2O3S. The molecule has 0 radical (unpaired) electrons. The van der Waals surface area contributed by atoms with E-state index in [1.54, 1.807) is 0 Å². The Morgan fingerprint density at radius 3 is 2.89 bits per heavy atom. The number of hydrogen-bond acceptors (Lipinski definition) is 3. The molecule has 18 heavy (non-hydrogen) atoms. The minimum Gasteiger partial charge on any atom is -0.481 e. The summed E-state index contributed by atoms with van der Waals surface area (Å²) in [6, 6.07) is 0.00621. The minimum atomic E-state index is -0.782. The van der Waals surface area contributed by atoms with E-state index in [1.807, 2.05) is 23.6 Å². The number of carboxylic acids is 1. The molecule has 0 aromatic carbocycles. The number of hydrogen-bond donors (Lipinski definition) is 2. The van der Waals surface area contributed by atoms with Crippen molar-refractivity contribution < 1.29 is 14.7 Å². The van der Waals surface area contributed by atoms with Gasteiger partial charge < -0.3 is 15.3 Å². The summed E-state index contributed by atoms with van der Waals surface area (Å²) in [4.78, 5) is 24.2. The quantitative estimate of drug-likeness (QED) is 0.801. The van der Waals surface area contributed by atoms with Gasteiger partial charge in [0, 0.05) is 36.6 Å². The van der Waals surface area contributed by atoms with E-state index >= 15 is 0 Å². The minimum absolute atomic E-state index is 0.0232. The van der Waals surface area contributed by atoms with Crippen LogP contribution in [0.15, 0.2) is 0 Å². The Hall–Kier alpha value is -0.910. The van der Waals surface area contributed by atoms with E-state index in [0.29, 0.717) is 18.1 Å². The van der Waals surface area contributed by atoms with Gasteiger partial charge in [-0.05, 0) is 19.8 Å². The summed E-state index contributed by atoms with van der Waals surface area (Å²) in [7, 11) is 0. The number of amides is 2. The highest BCUT2D eigenvalue weighted by molar-refractivity contribution is 7.99. The Balaban J connectivity index is 2.23. The van der Waals surface area contributed by atoms with E-state index in [9.17, 15) is 9.59 Å². The zero-order valence-corrected chi connectivity index (χ0v) is 11.8. The third-order valence-corrected chi connectivity index (χ3v) is 4.06. The predicted molar refractivity (Wildman–Crippen MR) is 73.0 cm³/mol. The molecule has 1 aliphatic rings. The maximum Gasteiger partial charge on any atom is 0.317 e. The van der Waals surface area contributed by atoms with Crippen molar-refractivity contribution in [1.82, 2.24) is 10.2 Å². The number of aliphatic carboxylic acids is 1. The summed E-state index contributed by atoms with van der Waals surface area (Å²) in [6.07, 6.45) is 1.47. The Morgan fingerprint density at radius 1 is 1.56 bits per heavy atom. The maximum absolute atomic E-state index is 11.9. The number of carbonyl (C=O) groups is 2. The summed E-state index contributed by atoms with van der Waals surface area (Å²) in [5.41, 5.74) is 0. The highest BCUT2D eigenvalue weighted by Gasteiger charge is 2.21. The molecule has 2 atom stereocenters. The average molecular weight is 274 g/mol. The van der Waals surface area contributed by atoms with Crippen molar-refractivity contribution in [3.8, 4) is 0 Å². The third kappa shape index (κ3) is 5.62. The van der Waals surface area contributed by atoms with Gasteiger partial charge in [-0.25, -0.2) is 4.79 Å². The predicted octanol–water partition coefficient (Wildman–Crippen LogP) is 1.78. The first-order valence-electron chi connectivity index (χ1n) is 6.38. The van der Waals surface area contributed by atoms with Crippen LogP contribution in [0.3, 0.4) is 0 Å². The molecule has 1 saturated heterocycles. The Kier molecular flexibility index (Phi) is 6.32. The number of carbonyl (C=O) groups excluding carboxylic acids is 1. The van der Waals surface area contributed by atoms with Gasteiger partial charge in [-0.3, -0.25) is 4.79 Å². The number of nitrogens with one attached hydrogen (secondary N) is 1. The van der Waals surface area contributed by atoms with Gasteiger partial charge in [-0.2, -0.15) is 11.8 Å². The molecule has 0 saturated carbocycles. The molecule has 104 valence electrons. The Labute approximate surface area is 112 Å². The molecule has 2 N–H and O–H groups in total. The molecule has 1 aliphatic heterocycles. The van der Waals surface area contributed by atoms with Crippen LogP contribution in [0.1, 0.15) is 33.1 Å². The lowest BCUT2D eigenvalue weighted by molar-refractivity contribution is -0.137. The number of thioether (sulfide) groups is 1. The molecule has 1 rings (SSSR count). The Bertz CT molecular complexity index is 299. The zero-order chi connectivity index (χ0) is 13.5. The van der Waals surface area contributed by atoms with Crippen LogP contribution in [-0.2, 0) is 4.79 Å². The van der Waals surface area contributed by atoms with E-state index in [1.165, 1.54) is 0 Å². The van der Waals surface area contributed by atoms with Gasteiger partial charge in [0.2, 0.25) is 0 Å². The molecule has 1 fully saturated rings. The molecule has 2 unspecified atom stereocenters. The number of rotatable bonds is 5. The topological polar surface area (TPSA) is 69.6 Å². The molecule has 5 nitrogen and oxygen atoms in total. The van der Waals surface area contributed by atoms with E-state index in [-0.39, 0.29) is 18.5 Å². The third-order valence-electron chi connectivity index (χ3n) is 2.93. The summed E-state index contributed by atoms with van der Waals surface area (Å²) >= 11 is 1.89. The zero-order valence-electron chi connectivity index (χ0n) is 11.0. The van der Waals surface area contributed by atoms with Crippen molar-refractivity contribution in [3.63, 3.8) is 0 Å². The molecule has 6 heteroatoms. The van der Waals surface area contributed by atoms with Crippen molar-refractivity contribution in [1.29, 1.82) is 0 Å². The fourth-order valence-electron chi connectivity index (χ4n) is 1.94.